The van der Waals surface area contributed by atoms with Crippen molar-refractivity contribution >= 4 is 29.1 Å². The van der Waals surface area contributed by atoms with Crippen molar-refractivity contribution in [2.24, 2.45) is 0 Å². The fourth-order valence-corrected chi connectivity index (χ4v) is 3.78. The zero-order valence-electron chi connectivity index (χ0n) is 16.9. The van der Waals surface area contributed by atoms with Gasteiger partial charge in [0.25, 0.3) is 5.91 Å². The first-order chi connectivity index (χ1) is 14.4. The molecular formula is C22H22ClN5O2. The van der Waals surface area contributed by atoms with E-state index in [4.69, 9.17) is 11.6 Å². The van der Waals surface area contributed by atoms with Gasteiger partial charge >= 0.3 is 0 Å². The molecule has 0 atom stereocenters. The minimum Gasteiger partial charge on any atom is -0.347 e. The first-order valence-electron chi connectivity index (χ1n) is 9.80. The highest BCUT2D eigenvalue weighted by molar-refractivity contribution is 6.33. The van der Waals surface area contributed by atoms with Crippen molar-refractivity contribution in [3.8, 4) is 5.82 Å². The third-order valence-corrected chi connectivity index (χ3v) is 5.33. The number of carbonyl (C=O) groups excluding carboxylic acids is 2. The Morgan fingerprint density at radius 3 is 2.73 bits per heavy atom. The summed E-state index contributed by atoms with van der Waals surface area (Å²) in [4.78, 5) is 30.9. The Hall–Kier alpha value is -3.19. The molecule has 1 fully saturated rings. The van der Waals surface area contributed by atoms with Crippen LogP contribution in [-0.4, -0.2) is 33.1 Å². The van der Waals surface area contributed by atoms with Crippen molar-refractivity contribution in [2.45, 2.75) is 33.2 Å². The van der Waals surface area contributed by atoms with Gasteiger partial charge in [-0.2, -0.15) is 5.10 Å². The summed E-state index contributed by atoms with van der Waals surface area (Å²) >= 11 is 6.24. The molecule has 0 saturated carbocycles. The van der Waals surface area contributed by atoms with Gasteiger partial charge in [0.1, 0.15) is 5.69 Å². The summed E-state index contributed by atoms with van der Waals surface area (Å²) in [5.74, 6) is 0.295. The van der Waals surface area contributed by atoms with Gasteiger partial charge in [0.2, 0.25) is 5.91 Å². The second kappa shape index (κ2) is 8.28. The highest BCUT2D eigenvalue weighted by Gasteiger charge is 2.22. The molecule has 1 aliphatic rings. The Labute approximate surface area is 179 Å². The van der Waals surface area contributed by atoms with Crippen LogP contribution >= 0.6 is 11.6 Å². The molecule has 154 valence electrons. The number of rotatable bonds is 5. The van der Waals surface area contributed by atoms with Crippen molar-refractivity contribution in [3.05, 3.63) is 70.1 Å². The zero-order valence-corrected chi connectivity index (χ0v) is 17.6. The van der Waals surface area contributed by atoms with E-state index in [1.165, 1.54) is 0 Å². The summed E-state index contributed by atoms with van der Waals surface area (Å²) < 4.78 is 1.68. The third-order valence-electron chi connectivity index (χ3n) is 5.02. The van der Waals surface area contributed by atoms with Crippen molar-refractivity contribution in [1.82, 2.24) is 20.1 Å². The lowest BCUT2D eigenvalue weighted by Crippen LogP contribution is -2.26. The first-order valence-corrected chi connectivity index (χ1v) is 10.2. The molecule has 1 N–H and O–H groups in total. The van der Waals surface area contributed by atoms with Gasteiger partial charge in [-0.1, -0.05) is 23.7 Å². The van der Waals surface area contributed by atoms with E-state index < -0.39 is 0 Å². The van der Waals surface area contributed by atoms with E-state index >= 15 is 0 Å². The van der Waals surface area contributed by atoms with Gasteiger partial charge < -0.3 is 10.2 Å². The molecule has 7 nitrogen and oxygen atoms in total. The van der Waals surface area contributed by atoms with Crippen LogP contribution in [0.15, 0.2) is 42.5 Å². The Morgan fingerprint density at radius 1 is 1.20 bits per heavy atom. The predicted molar refractivity (Wildman–Crippen MR) is 115 cm³/mol. The number of aryl methyl sites for hydroxylation is 2. The van der Waals surface area contributed by atoms with Crippen LogP contribution in [0.5, 0.6) is 0 Å². The number of anilines is 1. The highest BCUT2D eigenvalue weighted by Crippen LogP contribution is 2.22. The quantitative estimate of drug-likeness (QED) is 0.680. The zero-order chi connectivity index (χ0) is 21.3. The van der Waals surface area contributed by atoms with Crippen LogP contribution in [0, 0.1) is 13.8 Å². The molecule has 0 unspecified atom stereocenters. The second-order valence-corrected chi connectivity index (χ2v) is 7.75. The maximum Gasteiger partial charge on any atom is 0.271 e. The van der Waals surface area contributed by atoms with Crippen LogP contribution in [0.3, 0.4) is 0 Å². The number of aromatic nitrogens is 3. The Kier molecular flexibility index (Phi) is 5.55. The number of hydrogen-bond acceptors (Lipinski definition) is 4. The standard InChI is InChI=1S/C22H22ClN5O2/c1-14-11-15(2)28(26-14)19-9-8-18(23)21(25-19)22(30)24-13-16-5-3-6-17(12-16)27-10-4-7-20(27)29/h3,5-6,8-9,11-12H,4,7,10,13H2,1-2H3,(H,24,30). The second-order valence-electron chi connectivity index (χ2n) is 7.34. The van der Waals surface area contributed by atoms with E-state index in [0.717, 1.165) is 35.6 Å². The summed E-state index contributed by atoms with van der Waals surface area (Å²) in [7, 11) is 0. The SMILES string of the molecule is Cc1cc(C)n(-c2ccc(Cl)c(C(=O)NCc3cccc(N4CCCC4=O)c3)n2)n1. The monoisotopic (exact) mass is 423 g/mol. The lowest BCUT2D eigenvalue weighted by molar-refractivity contribution is -0.117. The molecule has 30 heavy (non-hydrogen) atoms. The van der Waals surface area contributed by atoms with Gasteiger partial charge in [-0.3, -0.25) is 9.59 Å². The Bertz CT molecular complexity index is 1120. The molecule has 0 radical (unpaired) electrons. The van der Waals surface area contributed by atoms with E-state index in [-0.39, 0.29) is 22.5 Å². The van der Waals surface area contributed by atoms with Crippen molar-refractivity contribution in [1.29, 1.82) is 0 Å². The molecular weight excluding hydrogens is 402 g/mol. The van der Waals surface area contributed by atoms with Gasteiger partial charge in [-0.15, -0.1) is 0 Å². The topological polar surface area (TPSA) is 80.1 Å². The average Bonchev–Trinajstić information content (AvgIpc) is 3.31. The molecule has 4 rings (SSSR count). The summed E-state index contributed by atoms with van der Waals surface area (Å²) in [6.45, 7) is 4.86. The largest absolute Gasteiger partial charge is 0.347 e. The van der Waals surface area contributed by atoms with Crippen molar-refractivity contribution in [2.75, 3.05) is 11.4 Å². The number of benzene rings is 1. The molecule has 0 spiro atoms. The lowest BCUT2D eigenvalue weighted by Gasteiger charge is -2.16. The van der Waals surface area contributed by atoms with E-state index in [9.17, 15) is 9.59 Å². The van der Waals surface area contributed by atoms with Gasteiger partial charge in [0, 0.05) is 30.9 Å². The minimum atomic E-state index is -0.369. The summed E-state index contributed by atoms with van der Waals surface area (Å²) in [6, 6.07) is 12.9. The normalized spacial score (nSPS) is 13.7. The molecule has 1 saturated heterocycles. The molecule has 0 aliphatic carbocycles. The molecule has 8 heteroatoms. The maximum absolute atomic E-state index is 12.8. The lowest BCUT2D eigenvalue weighted by atomic mass is 10.2. The van der Waals surface area contributed by atoms with Gasteiger partial charge in [0.15, 0.2) is 5.82 Å². The van der Waals surface area contributed by atoms with Crippen molar-refractivity contribution in [3.63, 3.8) is 0 Å². The molecule has 2 amide bonds. The maximum atomic E-state index is 12.8. The Balaban J connectivity index is 1.50. The highest BCUT2D eigenvalue weighted by atomic mass is 35.5. The van der Waals surface area contributed by atoms with Crippen LogP contribution in [0.2, 0.25) is 5.02 Å². The number of pyridine rings is 1. The number of amides is 2. The fourth-order valence-electron chi connectivity index (χ4n) is 3.59. The molecule has 3 aromatic rings. The fraction of sp³-hybridized carbons (Fsp3) is 0.273. The number of halogens is 1. The summed E-state index contributed by atoms with van der Waals surface area (Å²) in [5, 5.41) is 7.54. The van der Waals surface area contributed by atoms with Crippen LogP contribution in [-0.2, 0) is 11.3 Å². The number of hydrogen-bond donors (Lipinski definition) is 1. The molecule has 0 bridgehead atoms. The molecule has 3 heterocycles. The van der Waals surface area contributed by atoms with Gasteiger partial charge in [0.05, 0.1) is 10.7 Å². The average molecular weight is 424 g/mol. The van der Waals surface area contributed by atoms with E-state index in [2.05, 4.69) is 15.4 Å². The third kappa shape index (κ3) is 4.07. The van der Waals surface area contributed by atoms with Crippen LogP contribution in [0.4, 0.5) is 5.69 Å². The summed E-state index contributed by atoms with van der Waals surface area (Å²) in [6.07, 6.45) is 1.45. The van der Waals surface area contributed by atoms with E-state index in [1.807, 2.05) is 44.2 Å². The van der Waals surface area contributed by atoms with Gasteiger partial charge in [-0.05, 0) is 56.2 Å². The number of nitrogens with one attached hydrogen (secondary N) is 1. The smallest absolute Gasteiger partial charge is 0.271 e. The van der Waals surface area contributed by atoms with Gasteiger partial charge in [-0.25, -0.2) is 9.67 Å². The van der Waals surface area contributed by atoms with E-state index in [0.29, 0.717) is 18.8 Å². The number of carbonyl (C=O) groups is 2. The first kappa shape index (κ1) is 20.1. The molecule has 1 aromatic carbocycles. The van der Waals surface area contributed by atoms with E-state index in [1.54, 1.807) is 21.7 Å². The van der Waals surface area contributed by atoms with Crippen molar-refractivity contribution < 1.29 is 9.59 Å². The predicted octanol–water partition coefficient (Wildman–Crippen LogP) is 3.59. The van der Waals surface area contributed by atoms with Crippen LogP contribution in [0.1, 0.15) is 40.3 Å². The van der Waals surface area contributed by atoms with Crippen LogP contribution in [0.25, 0.3) is 5.82 Å². The summed E-state index contributed by atoms with van der Waals surface area (Å²) in [5.41, 5.74) is 3.68. The Morgan fingerprint density at radius 2 is 2.03 bits per heavy atom. The molecule has 1 aliphatic heterocycles. The number of nitrogens with zero attached hydrogens (tertiary/aromatic N) is 4. The minimum absolute atomic E-state index is 0.133. The van der Waals surface area contributed by atoms with Crippen LogP contribution < -0.4 is 10.2 Å². The molecule has 2 aromatic heterocycles.